The van der Waals surface area contributed by atoms with Gasteiger partial charge in [-0.2, -0.15) is 27.1 Å². The van der Waals surface area contributed by atoms with Crippen LogP contribution in [0.3, 0.4) is 0 Å². The highest BCUT2D eigenvalue weighted by atomic mass is 19.4. The molecule has 4 nitrogen and oxygen atoms in total. The monoisotopic (exact) mass is 378 g/mol. The Hall–Kier alpha value is -2.78. The minimum absolute atomic E-state index is 0.337. The lowest BCUT2D eigenvalue weighted by Gasteiger charge is -2.23. The van der Waals surface area contributed by atoms with Crippen molar-refractivity contribution in [3.05, 3.63) is 53.9 Å². The van der Waals surface area contributed by atoms with Gasteiger partial charge < -0.3 is 4.74 Å². The first-order chi connectivity index (χ1) is 12.0. The van der Waals surface area contributed by atoms with Crippen LogP contribution in [0, 0.1) is 0 Å². The Morgan fingerprint density at radius 1 is 1.19 bits per heavy atom. The fraction of sp³-hybridized carbons (Fsp3) is 0.250. The number of alkyl halides is 6. The third-order valence-electron chi connectivity index (χ3n) is 3.13. The maximum absolute atomic E-state index is 13.2. The first-order valence-electron chi connectivity index (χ1n) is 7.08. The van der Waals surface area contributed by atoms with Crippen LogP contribution < -0.4 is 4.74 Å². The smallest absolute Gasteiger partial charge is 0.430 e. The van der Waals surface area contributed by atoms with E-state index in [1.807, 2.05) is 0 Å². The van der Waals surface area contributed by atoms with E-state index in [1.54, 1.807) is 7.05 Å². The summed E-state index contributed by atoms with van der Waals surface area (Å²) >= 11 is 0. The minimum Gasteiger partial charge on any atom is -0.430 e. The first-order valence-corrected chi connectivity index (χ1v) is 7.08. The van der Waals surface area contributed by atoms with Crippen LogP contribution in [0.5, 0.6) is 5.75 Å². The van der Waals surface area contributed by atoms with Crippen LogP contribution in [-0.2, 0) is 7.05 Å². The van der Waals surface area contributed by atoms with Gasteiger partial charge in [0.1, 0.15) is 5.75 Å². The summed E-state index contributed by atoms with van der Waals surface area (Å²) in [6.07, 6.45) is -9.83. The van der Waals surface area contributed by atoms with E-state index in [0.29, 0.717) is 11.1 Å². The van der Waals surface area contributed by atoms with E-state index in [0.717, 1.165) is 12.1 Å². The number of allylic oxidation sites excluding steroid dienone is 1. The van der Waals surface area contributed by atoms with E-state index >= 15 is 0 Å². The molecule has 0 aliphatic rings. The Kier molecular flexibility index (Phi) is 5.43. The van der Waals surface area contributed by atoms with Crippen molar-refractivity contribution in [1.29, 1.82) is 0 Å². The topological polar surface area (TPSA) is 44.1 Å². The molecule has 0 saturated heterocycles. The lowest BCUT2D eigenvalue weighted by molar-refractivity contribution is -0.304. The summed E-state index contributed by atoms with van der Waals surface area (Å²) < 4.78 is 80.5. The number of ether oxygens (including phenoxy) is 1. The molecule has 26 heavy (non-hydrogen) atoms. The predicted octanol–water partition coefficient (Wildman–Crippen LogP) is 4.19. The van der Waals surface area contributed by atoms with E-state index in [1.165, 1.54) is 41.4 Å². The van der Waals surface area contributed by atoms with E-state index in [4.69, 9.17) is 0 Å². The molecule has 2 rings (SSSR count). The average molecular weight is 378 g/mol. The number of hydrogen-bond acceptors (Lipinski definition) is 3. The number of halogens is 6. The highest BCUT2D eigenvalue weighted by molar-refractivity contribution is 6.06. The Balaban J connectivity index is 2.04. The van der Waals surface area contributed by atoms with Crippen molar-refractivity contribution in [2.24, 2.45) is 7.05 Å². The maximum atomic E-state index is 13.2. The summed E-state index contributed by atoms with van der Waals surface area (Å²) in [5, 5.41) is 3.83. The molecule has 1 aromatic heterocycles. The summed E-state index contributed by atoms with van der Waals surface area (Å²) in [6, 6.07) is 4.31. The summed E-state index contributed by atoms with van der Waals surface area (Å²) in [5.41, 5.74) is 0.731. The molecule has 2 aromatic rings. The van der Waals surface area contributed by atoms with Gasteiger partial charge >= 0.3 is 12.3 Å². The van der Waals surface area contributed by atoms with Crippen LogP contribution in [-0.4, -0.2) is 34.0 Å². The maximum Gasteiger partial charge on any atom is 0.439 e. The summed E-state index contributed by atoms with van der Waals surface area (Å²) in [7, 11) is 1.63. The first kappa shape index (κ1) is 19.5. The van der Waals surface area contributed by atoms with Gasteiger partial charge in [-0.05, 0) is 23.8 Å². The second-order valence-electron chi connectivity index (χ2n) is 5.24. The molecule has 0 N–H and O–H groups in total. The quantitative estimate of drug-likeness (QED) is 0.430. The molecule has 0 bridgehead atoms. The molecule has 1 atom stereocenters. The zero-order chi connectivity index (χ0) is 19.5. The van der Waals surface area contributed by atoms with Crippen molar-refractivity contribution in [2.45, 2.75) is 18.5 Å². The van der Waals surface area contributed by atoms with Gasteiger partial charge in [-0.15, -0.1) is 0 Å². The van der Waals surface area contributed by atoms with Crippen LogP contribution in [0.4, 0.5) is 26.3 Å². The van der Waals surface area contributed by atoms with Crippen LogP contribution >= 0.6 is 0 Å². The molecule has 1 aromatic carbocycles. The van der Waals surface area contributed by atoms with Crippen molar-refractivity contribution in [1.82, 2.24) is 9.78 Å². The van der Waals surface area contributed by atoms with Gasteiger partial charge in [-0.1, -0.05) is 18.2 Å². The van der Waals surface area contributed by atoms with E-state index < -0.39 is 24.2 Å². The van der Waals surface area contributed by atoms with Gasteiger partial charge in [0.05, 0.1) is 11.8 Å². The molecular weight excluding hydrogens is 366 g/mol. The normalized spacial score (nSPS) is 13.8. The minimum atomic E-state index is -5.75. The zero-order valence-electron chi connectivity index (χ0n) is 13.2. The molecule has 0 spiro atoms. The Morgan fingerprint density at radius 3 is 2.31 bits per heavy atom. The second-order valence-corrected chi connectivity index (χ2v) is 5.24. The van der Waals surface area contributed by atoms with Crippen LogP contribution in [0.15, 0.2) is 42.7 Å². The number of benzene rings is 1. The Bertz CT molecular complexity index is 796. The third-order valence-corrected chi connectivity index (χ3v) is 3.13. The van der Waals surface area contributed by atoms with Gasteiger partial charge in [0.15, 0.2) is 5.78 Å². The Labute approximate surface area is 143 Å². The van der Waals surface area contributed by atoms with Gasteiger partial charge in [0.25, 0.3) is 6.17 Å². The number of carbonyl (C=O) groups is 1. The molecule has 0 fully saturated rings. The van der Waals surface area contributed by atoms with Crippen LogP contribution in [0.2, 0.25) is 0 Å². The molecule has 0 aliphatic carbocycles. The SMILES string of the molecule is Cn1cc(C(=O)C=Cc2ccc(OC(F)(F)C(F)C(F)(F)F)cc2)cn1. The molecule has 10 heteroatoms. The van der Waals surface area contributed by atoms with Crippen molar-refractivity contribution < 1.29 is 35.9 Å². The number of rotatable bonds is 6. The number of nitrogens with zero attached hydrogens (tertiary/aromatic N) is 2. The molecule has 0 radical (unpaired) electrons. The number of carbonyl (C=O) groups excluding carboxylic acids is 1. The van der Waals surface area contributed by atoms with Crippen molar-refractivity contribution in [3.63, 3.8) is 0 Å². The van der Waals surface area contributed by atoms with Crippen LogP contribution in [0.25, 0.3) is 6.08 Å². The van der Waals surface area contributed by atoms with Gasteiger partial charge in [0.2, 0.25) is 0 Å². The highest BCUT2D eigenvalue weighted by Gasteiger charge is 2.59. The molecule has 140 valence electrons. The summed E-state index contributed by atoms with van der Waals surface area (Å²) in [6.45, 7) is 0. The van der Waals surface area contributed by atoms with Crippen molar-refractivity contribution in [2.75, 3.05) is 0 Å². The number of aryl methyl sites for hydroxylation is 1. The van der Waals surface area contributed by atoms with Gasteiger partial charge in [0, 0.05) is 13.2 Å². The van der Waals surface area contributed by atoms with E-state index in [2.05, 4.69) is 9.84 Å². The fourth-order valence-corrected chi connectivity index (χ4v) is 1.86. The van der Waals surface area contributed by atoms with E-state index in [9.17, 15) is 31.1 Å². The summed E-state index contributed by atoms with van der Waals surface area (Å²) in [4.78, 5) is 11.8. The molecule has 0 saturated carbocycles. The Morgan fingerprint density at radius 2 is 1.81 bits per heavy atom. The molecule has 1 heterocycles. The van der Waals surface area contributed by atoms with Gasteiger partial charge in [-0.3, -0.25) is 9.48 Å². The fourth-order valence-electron chi connectivity index (χ4n) is 1.86. The van der Waals surface area contributed by atoms with Gasteiger partial charge in [-0.25, -0.2) is 4.39 Å². The van der Waals surface area contributed by atoms with E-state index in [-0.39, 0.29) is 5.78 Å². The average Bonchev–Trinajstić information content (AvgIpc) is 2.98. The van der Waals surface area contributed by atoms with Crippen LogP contribution in [0.1, 0.15) is 15.9 Å². The predicted molar refractivity (Wildman–Crippen MR) is 79.5 cm³/mol. The molecule has 1 unspecified atom stereocenters. The molecule has 0 amide bonds. The standard InChI is InChI=1S/C16H12F6N2O2/c1-24-9-11(8-23-24)13(25)7-4-10-2-5-12(6-3-10)26-16(21,22)14(17)15(18,19)20/h2-9,14H,1H3. The molecular formula is C16H12F6N2O2. The van der Waals surface area contributed by atoms with Crippen molar-refractivity contribution >= 4 is 11.9 Å². The number of aromatic nitrogens is 2. The summed E-state index contributed by atoms with van der Waals surface area (Å²) in [5.74, 6) is -1.01. The lowest BCUT2D eigenvalue weighted by Crippen LogP contribution is -2.45. The lowest BCUT2D eigenvalue weighted by atomic mass is 10.1. The number of hydrogen-bond donors (Lipinski definition) is 0. The second kappa shape index (κ2) is 7.22. The largest absolute Gasteiger partial charge is 0.439 e. The third kappa shape index (κ3) is 4.87. The molecule has 0 aliphatic heterocycles. The highest BCUT2D eigenvalue weighted by Crippen LogP contribution is 2.36. The number of ketones is 1. The zero-order valence-corrected chi connectivity index (χ0v) is 13.2. The van der Waals surface area contributed by atoms with Crippen molar-refractivity contribution in [3.8, 4) is 5.75 Å².